The fourth-order valence-electron chi connectivity index (χ4n) is 2.67. The number of anilines is 1. The maximum absolute atomic E-state index is 5.06. The molecule has 0 radical (unpaired) electrons. The summed E-state index contributed by atoms with van der Waals surface area (Å²) in [5, 5.41) is 4.42. The summed E-state index contributed by atoms with van der Waals surface area (Å²) in [7, 11) is 1.73. The molecule has 0 amide bonds. The van der Waals surface area contributed by atoms with E-state index in [4.69, 9.17) is 9.72 Å². The number of fused-ring (bicyclic) bond motifs is 1. The van der Waals surface area contributed by atoms with Gasteiger partial charge in [0, 0.05) is 18.5 Å². The van der Waals surface area contributed by atoms with Gasteiger partial charge >= 0.3 is 0 Å². The van der Waals surface area contributed by atoms with E-state index in [2.05, 4.69) is 26.1 Å². The van der Waals surface area contributed by atoms with Crippen LogP contribution >= 0.6 is 11.3 Å². The molecule has 1 N–H and O–H groups in total. The largest absolute Gasteiger partial charge is 0.383 e. The highest BCUT2D eigenvalue weighted by atomic mass is 32.1. The molecule has 1 unspecified atom stereocenters. The summed E-state index contributed by atoms with van der Waals surface area (Å²) in [6.45, 7) is 8.69. The molecule has 1 atom stereocenters. The molecule has 0 bridgehead atoms. The van der Waals surface area contributed by atoms with Gasteiger partial charge in [-0.2, -0.15) is 0 Å². The summed E-state index contributed by atoms with van der Waals surface area (Å²) in [6, 6.07) is 0. The van der Waals surface area contributed by atoms with Crippen molar-refractivity contribution in [2.75, 3.05) is 25.6 Å². The Morgan fingerprint density at radius 1 is 1.47 bits per heavy atom. The first-order chi connectivity index (χ1) is 9.06. The third-order valence-electron chi connectivity index (χ3n) is 4.54. The zero-order valence-corrected chi connectivity index (χ0v) is 13.4. The molecule has 108 valence electrons. The highest BCUT2D eigenvalue weighted by Crippen LogP contribution is 2.41. The van der Waals surface area contributed by atoms with Crippen LogP contribution in [-0.2, 0) is 17.6 Å². The van der Waals surface area contributed by atoms with Gasteiger partial charge < -0.3 is 10.1 Å². The van der Waals surface area contributed by atoms with Gasteiger partial charge in [-0.05, 0) is 30.6 Å². The second kappa shape index (κ2) is 6.23. The molecule has 2 rings (SSSR count). The topological polar surface area (TPSA) is 34.2 Å². The summed E-state index contributed by atoms with van der Waals surface area (Å²) in [6.07, 6.45) is 4.89. The van der Waals surface area contributed by atoms with E-state index in [-0.39, 0.29) is 0 Å². The van der Waals surface area contributed by atoms with Gasteiger partial charge in [0.05, 0.1) is 12.3 Å². The van der Waals surface area contributed by atoms with Crippen molar-refractivity contribution in [2.24, 2.45) is 11.3 Å². The van der Waals surface area contributed by atoms with Gasteiger partial charge in [0.25, 0.3) is 0 Å². The summed E-state index contributed by atoms with van der Waals surface area (Å²) in [5.41, 5.74) is 1.78. The minimum Gasteiger partial charge on any atom is -0.383 e. The Hall–Kier alpha value is -0.610. The minimum absolute atomic E-state index is 0.450. The number of nitrogens with one attached hydrogen (secondary N) is 1. The molecule has 0 spiro atoms. The Balaban J connectivity index is 2.01. The van der Waals surface area contributed by atoms with Gasteiger partial charge in [-0.15, -0.1) is 11.3 Å². The van der Waals surface area contributed by atoms with Crippen LogP contribution in [0.5, 0.6) is 0 Å². The maximum Gasteiger partial charge on any atom is 0.183 e. The van der Waals surface area contributed by atoms with Gasteiger partial charge in [-0.25, -0.2) is 4.98 Å². The Kier molecular flexibility index (Phi) is 4.85. The fourth-order valence-corrected chi connectivity index (χ4v) is 3.78. The average Bonchev–Trinajstić information content (AvgIpc) is 2.80. The fraction of sp³-hybridized carbons (Fsp3) is 0.800. The SMILES string of the molecule is CCC(C)(C)C1CCc2nc(NCCOC)sc2C1. The standard InChI is InChI=1S/C15H26N2OS/c1-5-15(2,3)11-6-7-12-13(10-11)19-14(17-12)16-8-9-18-4/h11H,5-10H2,1-4H3,(H,16,17). The zero-order valence-electron chi connectivity index (χ0n) is 12.6. The quantitative estimate of drug-likeness (QED) is 0.807. The zero-order chi connectivity index (χ0) is 13.9. The molecule has 19 heavy (non-hydrogen) atoms. The van der Waals surface area contributed by atoms with Crippen LogP contribution in [0.4, 0.5) is 5.13 Å². The van der Waals surface area contributed by atoms with Crippen molar-refractivity contribution in [2.45, 2.75) is 46.5 Å². The van der Waals surface area contributed by atoms with Crippen molar-refractivity contribution in [3.8, 4) is 0 Å². The highest BCUT2D eigenvalue weighted by molar-refractivity contribution is 7.15. The van der Waals surface area contributed by atoms with Gasteiger partial charge in [0.2, 0.25) is 0 Å². The predicted molar refractivity (Wildman–Crippen MR) is 82.1 cm³/mol. The normalized spacial score (nSPS) is 19.3. The van der Waals surface area contributed by atoms with Gasteiger partial charge in [-0.3, -0.25) is 0 Å². The van der Waals surface area contributed by atoms with Gasteiger partial charge in [-0.1, -0.05) is 27.2 Å². The lowest BCUT2D eigenvalue weighted by molar-refractivity contribution is 0.183. The van der Waals surface area contributed by atoms with E-state index < -0.39 is 0 Å². The molecule has 4 heteroatoms. The third kappa shape index (κ3) is 3.48. The Labute approximate surface area is 120 Å². The van der Waals surface area contributed by atoms with Gasteiger partial charge in [0.15, 0.2) is 5.13 Å². The molecule has 0 saturated carbocycles. The van der Waals surface area contributed by atoms with Crippen LogP contribution in [0.25, 0.3) is 0 Å². The lowest BCUT2D eigenvalue weighted by atomic mass is 9.70. The number of hydrogen-bond donors (Lipinski definition) is 1. The number of methoxy groups -OCH3 is 1. The van der Waals surface area contributed by atoms with E-state index in [9.17, 15) is 0 Å². The maximum atomic E-state index is 5.06. The van der Waals surface area contributed by atoms with Crippen molar-refractivity contribution in [1.29, 1.82) is 0 Å². The molecule has 1 heterocycles. The number of aryl methyl sites for hydroxylation is 1. The first-order valence-corrected chi connectivity index (χ1v) is 8.10. The van der Waals surface area contributed by atoms with E-state index in [1.165, 1.54) is 29.8 Å². The van der Waals surface area contributed by atoms with Crippen molar-refractivity contribution < 1.29 is 4.74 Å². The number of aromatic nitrogens is 1. The summed E-state index contributed by atoms with van der Waals surface area (Å²) < 4.78 is 5.06. The van der Waals surface area contributed by atoms with E-state index >= 15 is 0 Å². The Morgan fingerprint density at radius 3 is 2.95 bits per heavy atom. The molecule has 1 aromatic heterocycles. The molecule has 3 nitrogen and oxygen atoms in total. The van der Waals surface area contributed by atoms with Crippen LogP contribution in [0.3, 0.4) is 0 Å². The molecule has 1 aromatic rings. The van der Waals surface area contributed by atoms with Crippen LogP contribution in [0.15, 0.2) is 0 Å². The molecular formula is C15H26N2OS. The van der Waals surface area contributed by atoms with Crippen LogP contribution < -0.4 is 5.32 Å². The van der Waals surface area contributed by atoms with E-state index in [0.29, 0.717) is 5.41 Å². The summed E-state index contributed by atoms with van der Waals surface area (Å²) in [4.78, 5) is 6.21. The van der Waals surface area contributed by atoms with Crippen molar-refractivity contribution in [3.63, 3.8) is 0 Å². The van der Waals surface area contributed by atoms with Crippen LogP contribution in [0.2, 0.25) is 0 Å². The third-order valence-corrected chi connectivity index (χ3v) is 5.62. The number of ether oxygens (including phenoxy) is 1. The second-order valence-corrected chi connectivity index (χ2v) is 7.17. The smallest absolute Gasteiger partial charge is 0.183 e. The molecule has 0 saturated heterocycles. The number of rotatable bonds is 6. The van der Waals surface area contributed by atoms with Crippen molar-refractivity contribution >= 4 is 16.5 Å². The second-order valence-electron chi connectivity index (χ2n) is 6.09. The number of hydrogen-bond acceptors (Lipinski definition) is 4. The lowest BCUT2D eigenvalue weighted by Gasteiger charge is -2.35. The molecule has 0 aromatic carbocycles. The highest BCUT2D eigenvalue weighted by Gasteiger charge is 2.32. The van der Waals surface area contributed by atoms with Gasteiger partial charge in [0.1, 0.15) is 0 Å². The average molecular weight is 282 g/mol. The van der Waals surface area contributed by atoms with E-state index in [0.717, 1.165) is 30.6 Å². The molecule has 0 fully saturated rings. The van der Waals surface area contributed by atoms with Crippen molar-refractivity contribution in [3.05, 3.63) is 10.6 Å². The molecule has 0 aliphatic heterocycles. The first kappa shape index (κ1) is 14.8. The Morgan fingerprint density at radius 2 is 2.26 bits per heavy atom. The van der Waals surface area contributed by atoms with Crippen LogP contribution in [0.1, 0.15) is 44.2 Å². The number of nitrogens with zero attached hydrogens (tertiary/aromatic N) is 1. The molecule has 1 aliphatic rings. The summed E-state index contributed by atoms with van der Waals surface area (Å²) >= 11 is 1.84. The van der Waals surface area contributed by atoms with Crippen LogP contribution in [0, 0.1) is 11.3 Å². The van der Waals surface area contributed by atoms with Crippen molar-refractivity contribution in [1.82, 2.24) is 4.98 Å². The van der Waals surface area contributed by atoms with Crippen LogP contribution in [-0.4, -0.2) is 25.2 Å². The predicted octanol–water partition coefficient (Wildman–Crippen LogP) is 3.74. The minimum atomic E-state index is 0.450. The summed E-state index contributed by atoms with van der Waals surface area (Å²) in [5.74, 6) is 0.803. The van der Waals surface area contributed by atoms with E-state index in [1.54, 1.807) is 7.11 Å². The first-order valence-electron chi connectivity index (χ1n) is 7.28. The number of thiazole rings is 1. The Bertz CT molecular complexity index is 414. The van der Waals surface area contributed by atoms with E-state index in [1.807, 2.05) is 11.3 Å². The monoisotopic (exact) mass is 282 g/mol. The molecule has 1 aliphatic carbocycles. The molecular weight excluding hydrogens is 256 g/mol. The lowest BCUT2D eigenvalue weighted by Crippen LogP contribution is -2.28.